The number of hydrogen-bond donors (Lipinski definition) is 1. The van der Waals surface area contributed by atoms with Gasteiger partial charge in [-0.2, -0.15) is 0 Å². The van der Waals surface area contributed by atoms with Crippen LogP contribution in [0.2, 0.25) is 0 Å². The van der Waals surface area contributed by atoms with Gasteiger partial charge in [-0.3, -0.25) is 0 Å². The molecular weight excluding hydrogens is 217 g/mol. The first kappa shape index (κ1) is 14.1. The maximum Gasteiger partial charge on any atom is 0.123 e. The lowest BCUT2D eigenvalue weighted by atomic mass is 9.91. The van der Waals surface area contributed by atoms with Crippen molar-refractivity contribution >= 4 is 0 Å². The molecule has 0 aliphatic rings. The fourth-order valence-corrected chi connectivity index (χ4v) is 1.94. The third-order valence-electron chi connectivity index (χ3n) is 3.25. The van der Waals surface area contributed by atoms with Crippen LogP contribution in [-0.2, 0) is 4.74 Å². The van der Waals surface area contributed by atoms with Crippen LogP contribution in [-0.4, -0.2) is 26.3 Å². The van der Waals surface area contributed by atoms with Crippen molar-refractivity contribution in [3.8, 4) is 0 Å². The minimum Gasteiger partial charge on any atom is -0.383 e. The third-order valence-corrected chi connectivity index (χ3v) is 3.25. The van der Waals surface area contributed by atoms with Crippen molar-refractivity contribution in [1.29, 1.82) is 0 Å². The fourth-order valence-electron chi connectivity index (χ4n) is 1.94. The Morgan fingerprint density at radius 1 is 1.35 bits per heavy atom. The van der Waals surface area contributed by atoms with Gasteiger partial charge >= 0.3 is 0 Å². The molecule has 0 spiro atoms. The monoisotopic (exact) mass is 239 g/mol. The first-order chi connectivity index (χ1) is 8.06. The minimum absolute atomic E-state index is 0.165. The van der Waals surface area contributed by atoms with Crippen LogP contribution < -0.4 is 5.32 Å². The van der Waals surface area contributed by atoms with E-state index in [-0.39, 0.29) is 11.7 Å². The quantitative estimate of drug-likeness (QED) is 0.771. The summed E-state index contributed by atoms with van der Waals surface area (Å²) in [6.45, 7) is 7.76. The zero-order valence-electron chi connectivity index (χ0n) is 11.1. The fraction of sp³-hybridized carbons (Fsp3) is 0.571. The molecule has 3 heteroatoms. The second kappa shape index (κ2) is 6.72. The van der Waals surface area contributed by atoms with Gasteiger partial charge in [0.05, 0.1) is 6.61 Å². The first-order valence-corrected chi connectivity index (χ1v) is 6.04. The smallest absolute Gasteiger partial charge is 0.123 e. The molecule has 1 aromatic carbocycles. The molecule has 96 valence electrons. The molecule has 2 nitrogen and oxygen atoms in total. The van der Waals surface area contributed by atoms with Crippen molar-refractivity contribution in [2.24, 2.45) is 0 Å². The largest absolute Gasteiger partial charge is 0.383 e. The Hall–Kier alpha value is -0.930. The maximum atomic E-state index is 13.2. The van der Waals surface area contributed by atoms with Gasteiger partial charge in [-0.15, -0.1) is 0 Å². The van der Waals surface area contributed by atoms with Gasteiger partial charge < -0.3 is 10.1 Å². The number of benzene rings is 1. The van der Waals surface area contributed by atoms with E-state index >= 15 is 0 Å². The summed E-state index contributed by atoms with van der Waals surface area (Å²) in [6, 6.07) is 5.28. The molecule has 0 radical (unpaired) electrons. The highest BCUT2D eigenvalue weighted by molar-refractivity contribution is 5.30. The van der Waals surface area contributed by atoms with E-state index in [1.807, 2.05) is 13.0 Å². The van der Waals surface area contributed by atoms with E-state index in [9.17, 15) is 4.39 Å². The maximum absolute atomic E-state index is 13.2. The Balaban J connectivity index is 2.67. The van der Waals surface area contributed by atoms with Crippen LogP contribution >= 0.6 is 0 Å². The molecule has 0 aromatic heterocycles. The van der Waals surface area contributed by atoms with Crippen LogP contribution in [0.3, 0.4) is 0 Å². The average molecular weight is 239 g/mol. The van der Waals surface area contributed by atoms with Crippen molar-refractivity contribution < 1.29 is 9.13 Å². The molecule has 0 saturated heterocycles. The zero-order valence-corrected chi connectivity index (χ0v) is 11.1. The molecule has 17 heavy (non-hydrogen) atoms. The van der Waals surface area contributed by atoms with E-state index in [4.69, 9.17) is 4.74 Å². The zero-order chi connectivity index (χ0) is 12.8. The number of hydrogen-bond acceptors (Lipinski definition) is 2. The highest BCUT2D eigenvalue weighted by Crippen LogP contribution is 2.23. The summed E-state index contributed by atoms with van der Waals surface area (Å²) in [5.74, 6) is 0.115. The summed E-state index contributed by atoms with van der Waals surface area (Å²) in [5.41, 5.74) is 2.21. The highest BCUT2D eigenvalue weighted by Gasteiger charge is 2.16. The van der Waals surface area contributed by atoms with Crippen molar-refractivity contribution in [3.63, 3.8) is 0 Å². The van der Waals surface area contributed by atoms with Gasteiger partial charge in [0.1, 0.15) is 5.82 Å². The van der Waals surface area contributed by atoms with Crippen LogP contribution in [0.25, 0.3) is 0 Å². The molecule has 1 aromatic rings. The molecule has 2 atom stereocenters. The molecule has 0 fully saturated rings. The van der Waals surface area contributed by atoms with Crippen LogP contribution in [0.4, 0.5) is 4.39 Å². The number of rotatable bonds is 6. The second-order valence-corrected chi connectivity index (χ2v) is 4.53. The van der Waals surface area contributed by atoms with Crippen molar-refractivity contribution in [2.45, 2.75) is 32.7 Å². The third kappa shape index (κ3) is 4.10. The predicted octanol–water partition coefficient (Wildman–Crippen LogP) is 2.86. The number of methoxy groups -OCH3 is 1. The van der Waals surface area contributed by atoms with Crippen LogP contribution in [0.5, 0.6) is 0 Å². The molecule has 1 N–H and O–H groups in total. The Labute approximate surface area is 103 Å². The van der Waals surface area contributed by atoms with Crippen LogP contribution in [0.15, 0.2) is 18.2 Å². The average Bonchev–Trinajstić information content (AvgIpc) is 2.31. The molecule has 0 aliphatic carbocycles. The normalized spacial score (nSPS) is 14.6. The standard InChI is InChI=1S/C14H22FNO/c1-10-5-6-13(15)9-14(10)11(2)12(3)16-7-8-17-4/h5-6,9,11-12,16H,7-8H2,1-4H3. The minimum atomic E-state index is -0.165. The Bertz CT molecular complexity index is 354. The number of halogens is 1. The van der Waals surface area contributed by atoms with Crippen LogP contribution in [0.1, 0.15) is 30.9 Å². The summed E-state index contributed by atoms with van der Waals surface area (Å²) >= 11 is 0. The Morgan fingerprint density at radius 3 is 2.71 bits per heavy atom. The SMILES string of the molecule is COCCNC(C)C(C)c1cc(F)ccc1C. The van der Waals surface area contributed by atoms with Gasteiger partial charge in [0.15, 0.2) is 0 Å². The summed E-state index contributed by atoms with van der Waals surface area (Å²) in [6.07, 6.45) is 0. The summed E-state index contributed by atoms with van der Waals surface area (Å²) < 4.78 is 18.2. The molecule has 0 bridgehead atoms. The van der Waals surface area contributed by atoms with Crippen molar-refractivity contribution in [1.82, 2.24) is 5.32 Å². The van der Waals surface area contributed by atoms with E-state index < -0.39 is 0 Å². The van der Waals surface area contributed by atoms with E-state index in [0.717, 1.165) is 17.7 Å². The predicted molar refractivity (Wildman–Crippen MR) is 68.9 cm³/mol. The van der Waals surface area contributed by atoms with E-state index in [1.54, 1.807) is 13.2 Å². The number of ether oxygens (including phenoxy) is 1. The molecule has 2 unspecified atom stereocenters. The van der Waals surface area contributed by atoms with E-state index in [0.29, 0.717) is 12.6 Å². The molecule has 0 aliphatic heterocycles. The van der Waals surface area contributed by atoms with Gasteiger partial charge in [0, 0.05) is 19.7 Å². The lowest BCUT2D eigenvalue weighted by Crippen LogP contribution is -2.33. The van der Waals surface area contributed by atoms with Gasteiger partial charge in [-0.25, -0.2) is 4.39 Å². The summed E-state index contributed by atoms with van der Waals surface area (Å²) in [5, 5.41) is 3.38. The van der Waals surface area contributed by atoms with Gasteiger partial charge in [-0.1, -0.05) is 13.0 Å². The highest BCUT2D eigenvalue weighted by atomic mass is 19.1. The van der Waals surface area contributed by atoms with E-state index in [1.165, 1.54) is 6.07 Å². The Kier molecular flexibility index (Phi) is 5.59. The molecule has 0 heterocycles. The summed E-state index contributed by atoms with van der Waals surface area (Å²) in [7, 11) is 1.69. The topological polar surface area (TPSA) is 21.3 Å². The van der Waals surface area contributed by atoms with Gasteiger partial charge in [0.25, 0.3) is 0 Å². The lowest BCUT2D eigenvalue weighted by Gasteiger charge is -2.23. The summed E-state index contributed by atoms with van der Waals surface area (Å²) in [4.78, 5) is 0. The molecule has 0 saturated carbocycles. The number of nitrogens with one attached hydrogen (secondary N) is 1. The van der Waals surface area contributed by atoms with E-state index in [2.05, 4.69) is 19.2 Å². The lowest BCUT2D eigenvalue weighted by molar-refractivity contribution is 0.195. The molecular formula is C14H22FNO. The first-order valence-electron chi connectivity index (χ1n) is 6.04. The molecule has 0 amide bonds. The number of aryl methyl sites for hydroxylation is 1. The van der Waals surface area contributed by atoms with Crippen molar-refractivity contribution in [3.05, 3.63) is 35.1 Å². The van der Waals surface area contributed by atoms with Gasteiger partial charge in [-0.05, 0) is 43.0 Å². The van der Waals surface area contributed by atoms with Gasteiger partial charge in [0.2, 0.25) is 0 Å². The Morgan fingerprint density at radius 2 is 2.06 bits per heavy atom. The second-order valence-electron chi connectivity index (χ2n) is 4.53. The molecule has 1 rings (SSSR count). The van der Waals surface area contributed by atoms with Crippen LogP contribution in [0, 0.1) is 12.7 Å². The van der Waals surface area contributed by atoms with Crippen molar-refractivity contribution in [2.75, 3.05) is 20.3 Å².